The van der Waals surface area contributed by atoms with Crippen LogP contribution >= 0.6 is 0 Å². The van der Waals surface area contributed by atoms with Gasteiger partial charge < -0.3 is 0 Å². The van der Waals surface area contributed by atoms with Crippen molar-refractivity contribution >= 4 is 0 Å². The van der Waals surface area contributed by atoms with Crippen molar-refractivity contribution in [1.29, 1.82) is 0 Å². The van der Waals surface area contributed by atoms with E-state index >= 15 is 0 Å². The fourth-order valence-corrected chi connectivity index (χ4v) is 6.78. The molecule has 9 rings (SSSR count). The largest absolute Gasteiger partial charge is 0.255 e. The number of pyridine rings is 3. The molecular formula is C49H33N5. The maximum Gasteiger partial charge on any atom is 0.160 e. The lowest BCUT2D eigenvalue weighted by atomic mass is 9.94. The van der Waals surface area contributed by atoms with Crippen LogP contribution in [0.2, 0.25) is 0 Å². The summed E-state index contributed by atoms with van der Waals surface area (Å²) < 4.78 is 0. The molecule has 0 aliphatic carbocycles. The molecule has 0 spiro atoms. The van der Waals surface area contributed by atoms with Gasteiger partial charge in [0.25, 0.3) is 0 Å². The second-order valence-electron chi connectivity index (χ2n) is 12.9. The van der Waals surface area contributed by atoms with Gasteiger partial charge in [0.2, 0.25) is 0 Å². The summed E-state index contributed by atoms with van der Waals surface area (Å²) in [4.78, 5) is 24.8. The monoisotopic (exact) mass is 691 g/mol. The fraction of sp³-hybridized carbons (Fsp3) is 0. The third-order valence-corrected chi connectivity index (χ3v) is 9.45. The summed E-state index contributed by atoms with van der Waals surface area (Å²) in [5.74, 6) is 0.692. The van der Waals surface area contributed by atoms with E-state index in [1.807, 2.05) is 72.9 Å². The molecule has 5 aromatic carbocycles. The van der Waals surface area contributed by atoms with Crippen LogP contribution < -0.4 is 0 Å². The summed E-state index contributed by atoms with van der Waals surface area (Å²) in [6.07, 6.45) is 3.63. The SMILES string of the molecule is c1ccc(-c2cc(-c3ccccn3)nc(-c3ncccc3-c3ccc(-c4ccccc4-c4cc(-c5ccccc5)nc(-c5ccccc5)n4)cc3)c2)cc1. The zero-order chi connectivity index (χ0) is 36.1. The highest BCUT2D eigenvalue weighted by molar-refractivity contribution is 5.87. The summed E-state index contributed by atoms with van der Waals surface area (Å²) >= 11 is 0. The van der Waals surface area contributed by atoms with Gasteiger partial charge >= 0.3 is 0 Å². The van der Waals surface area contributed by atoms with Crippen molar-refractivity contribution in [3.05, 3.63) is 200 Å². The van der Waals surface area contributed by atoms with Gasteiger partial charge in [-0.05, 0) is 64.2 Å². The van der Waals surface area contributed by atoms with Crippen molar-refractivity contribution < 1.29 is 0 Å². The first-order valence-corrected chi connectivity index (χ1v) is 17.9. The first-order valence-electron chi connectivity index (χ1n) is 17.9. The summed E-state index contributed by atoms with van der Waals surface area (Å²) in [5, 5.41) is 0. The quantitative estimate of drug-likeness (QED) is 0.159. The van der Waals surface area contributed by atoms with Gasteiger partial charge in [-0.15, -0.1) is 0 Å². The van der Waals surface area contributed by atoms with Crippen molar-refractivity contribution in [2.45, 2.75) is 0 Å². The van der Waals surface area contributed by atoms with Gasteiger partial charge in [-0.3, -0.25) is 9.97 Å². The molecule has 0 bridgehead atoms. The maximum atomic E-state index is 5.12. The highest BCUT2D eigenvalue weighted by atomic mass is 14.9. The Bertz CT molecular complexity index is 2380. The lowest BCUT2D eigenvalue weighted by Crippen LogP contribution is -1.97. The van der Waals surface area contributed by atoms with Crippen LogP contribution in [0.4, 0.5) is 0 Å². The summed E-state index contributed by atoms with van der Waals surface area (Å²) in [6.45, 7) is 0. The van der Waals surface area contributed by atoms with E-state index in [2.05, 4.69) is 126 Å². The predicted molar refractivity (Wildman–Crippen MR) is 219 cm³/mol. The van der Waals surface area contributed by atoms with Crippen molar-refractivity contribution in [2.24, 2.45) is 0 Å². The van der Waals surface area contributed by atoms with E-state index in [0.717, 1.165) is 84.2 Å². The highest BCUT2D eigenvalue weighted by Gasteiger charge is 2.17. The average molecular weight is 692 g/mol. The zero-order valence-electron chi connectivity index (χ0n) is 29.3. The fourth-order valence-electron chi connectivity index (χ4n) is 6.78. The van der Waals surface area contributed by atoms with Crippen molar-refractivity contribution in [1.82, 2.24) is 24.9 Å². The van der Waals surface area contributed by atoms with Crippen LogP contribution in [0.3, 0.4) is 0 Å². The minimum absolute atomic E-state index is 0.692. The van der Waals surface area contributed by atoms with Crippen LogP contribution in [0, 0.1) is 0 Å². The molecule has 0 fully saturated rings. The molecule has 4 aromatic heterocycles. The first kappa shape index (κ1) is 32.5. The molecule has 4 heterocycles. The predicted octanol–water partition coefficient (Wildman–Crippen LogP) is 12.0. The third-order valence-electron chi connectivity index (χ3n) is 9.45. The van der Waals surface area contributed by atoms with E-state index in [1.165, 1.54) is 0 Å². The van der Waals surface area contributed by atoms with Crippen molar-refractivity contribution in [3.63, 3.8) is 0 Å². The van der Waals surface area contributed by atoms with Crippen LogP contribution in [0.15, 0.2) is 200 Å². The topological polar surface area (TPSA) is 64.5 Å². The molecule has 0 saturated carbocycles. The lowest BCUT2D eigenvalue weighted by molar-refractivity contribution is 1.18. The van der Waals surface area contributed by atoms with E-state index < -0.39 is 0 Å². The second-order valence-corrected chi connectivity index (χ2v) is 12.9. The number of benzene rings is 5. The van der Waals surface area contributed by atoms with Gasteiger partial charge in [-0.1, -0.05) is 152 Å². The van der Waals surface area contributed by atoms with Gasteiger partial charge in [0, 0.05) is 34.6 Å². The molecular weight excluding hydrogens is 659 g/mol. The average Bonchev–Trinajstić information content (AvgIpc) is 3.27. The molecule has 254 valence electrons. The number of hydrogen-bond donors (Lipinski definition) is 0. The number of aromatic nitrogens is 5. The van der Waals surface area contributed by atoms with Crippen LogP contribution in [0.25, 0.3) is 90.1 Å². The number of hydrogen-bond acceptors (Lipinski definition) is 5. The second kappa shape index (κ2) is 14.7. The van der Waals surface area contributed by atoms with Gasteiger partial charge in [-0.25, -0.2) is 15.0 Å². The zero-order valence-corrected chi connectivity index (χ0v) is 29.3. The Kier molecular flexibility index (Phi) is 8.86. The highest BCUT2D eigenvalue weighted by Crippen LogP contribution is 2.37. The van der Waals surface area contributed by atoms with Crippen molar-refractivity contribution in [3.8, 4) is 90.1 Å². The molecule has 5 nitrogen and oxygen atoms in total. The van der Waals surface area contributed by atoms with E-state index in [4.69, 9.17) is 19.9 Å². The van der Waals surface area contributed by atoms with Crippen LogP contribution in [0.1, 0.15) is 0 Å². The lowest BCUT2D eigenvalue weighted by Gasteiger charge is -2.14. The molecule has 0 aliphatic rings. The van der Waals surface area contributed by atoms with E-state index in [0.29, 0.717) is 5.82 Å². The number of nitrogens with zero attached hydrogens (tertiary/aromatic N) is 5. The molecule has 0 aliphatic heterocycles. The van der Waals surface area contributed by atoms with Crippen LogP contribution in [-0.4, -0.2) is 24.9 Å². The van der Waals surface area contributed by atoms with Gasteiger partial charge in [-0.2, -0.15) is 0 Å². The molecule has 0 amide bonds. The maximum absolute atomic E-state index is 5.12. The van der Waals surface area contributed by atoms with Gasteiger partial charge in [0.15, 0.2) is 5.82 Å². The smallest absolute Gasteiger partial charge is 0.160 e. The Morgan fingerprint density at radius 2 is 0.815 bits per heavy atom. The Balaban J connectivity index is 1.12. The Hall–Kier alpha value is -7.37. The Labute approximate surface area is 314 Å². The minimum Gasteiger partial charge on any atom is -0.255 e. The standard InChI is InChI=1S/C49H33N5/c1-4-15-34(16-5-1)39-31-46(43-24-12-13-29-50-43)52-47(32-39)48-41(23-14-30-51-48)36-27-25-35(26-28-36)40-21-10-11-22-42(40)45-33-44(37-17-6-2-7-18-37)53-49(54-45)38-19-8-3-9-20-38/h1-33H. The first-order chi connectivity index (χ1) is 26.8. The van der Waals surface area contributed by atoms with Crippen LogP contribution in [0.5, 0.6) is 0 Å². The molecule has 0 N–H and O–H groups in total. The summed E-state index contributed by atoms with van der Waals surface area (Å²) in [5.41, 5.74) is 14.4. The normalized spacial score (nSPS) is 11.0. The molecule has 5 heteroatoms. The number of rotatable bonds is 8. The van der Waals surface area contributed by atoms with E-state index in [1.54, 1.807) is 6.20 Å². The van der Waals surface area contributed by atoms with E-state index in [9.17, 15) is 0 Å². The molecule has 0 atom stereocenters. The van der Waals surface area contributed by atoms with Gasteiger partial charge in [0.05, 0.1) is 34.2 Å². The summed E-state index contributed by atoms with van der Waals surface area (Å²) in [6, 6.07) is 64.2. The third kappa shape index (κ3) is 6.70. The van der Waals surface area contributed by atoms with E-state index in [-0.39, 0.29) is 0 Å². The molecule has 9 aromatic rings. The minimum atomic E-state index is 0.692. The summed E-state index contributed by atoms with van der Waals surface area (Å²) in [7, 11) is 0. The Morgan fingerprint density at radius 3 is 1.52 bits per heavy atom. The van der Waals surface area contributed by atoms with Gasteiger partial charge in [0.1, 0.15) is 0 Å². The molecule has 0 saturated heterocycles. The Morgan fingerprint density at radius 1 is 0.259 bits per heavy atom. The molecule has 0 unspecified atom stereocenters. The molecule has 0 radical (unpaired) electrons. The van der Waals surface area contributed by atoms with Crippen LogP contribution in [-0.2, 0) is 0 Å². The molecule has 54 heavy (non-hydrogen) atoms. The van der Waals surface area contributed by atoms with Crippen molar-refractivity contribution in [2.75, 3.05) is 0 Å².